The number of hydroxylamine groups is 2. The van der Waals surface area contributed by atoms with Gasteiger partial charge in [-0.2, -0.15) is 17.5 Å². The summed E-state index contributed by atoms with van der Waals surface area (Å²) in [6, 6.07) is 8.00. The molecule has 17 heteroatoms. The van der Waals surface area contributed by atoms with Gasteiger partial charge in [0.1, 0.15) is 6.04 Å². The van der Waals surface area contributed by atoms with E-state index in [1.54, 1.807) is 4.90 Å². The SMILES string of the molecule is O=C(CCC[C@H](NC(=O)Nc1ccc(S(=O)(=O)N2CCN(c3cccc(C(F)(F)F)c3)CC2)cc1)C(=O)NO)NO. The van der Waals surface area contributed by atoms with Crippen molar-refractivity contribution in [2.75, 3.05) is 36.4 Å². The predicted molar refractivity (Wildman–Crippen MR) is 139 cm³/mol. The lowest BCUT2D eigenvalue weighted by Crippen LogP contribution is -2.48. The highest BCUT2D eigenvalue weighted by atomic mass is 32.2. The maximum atomic E-state index is 13.1. The van der Waals surface area contributed by atoms with E-state index in [-0.39, 0.29) is 56.0 Å². The summed E-state index contributed by atoms with van der Waals surface area (Å²) in [5.74, 6) is -1.62. The summed E-state index contributed by atoms with van der Waals surface area (Å²) < 4.78 is 66.6. The first-order valence-corrected chi connectivity index (χ1v) is 13.8. The fourth-order valence-electron chi connectivity index (χ4n) is 4.12. The Morgan fingerprint density at radius 1 is 0.951 bits per heavy atom. The van der Waals surface area contributed by atoms with Crippen molar-refractivity contribution in [2.24, 2.45) is 0 Å². The van der Waals surface area contributed by atoms with Gasteiger partial charge in [-0.25, -0.2) is 24.2 Å². The number of nitrogens with one attached hydrogen (secondary N) is 4. The zero-order chi connectivity index (χ0) is 30.2. The number of urea groups is 1. The Hall–Kier alpha value is -3.93. The van der Waals surface area contributed by atoms with E-state index in [0.717, 1.165) is 12.1 Å². The standard InChI is InChI=1S/C24H29F3N6O7S/c25-24(26,27)16-3-1-4-18(15-16)32-11-13-33(14-12-32)41(39,40)19-9-7-17(8-10-19)28-23(36)29-20(22(35)31-38)5-2-6-21(34)30-37/h1,3-4,7-10,15,20,37-38H,2,5-6,11-14H2,(H,30,34)(H,31,35)(H2,28,29,36)/t20-/m0/s1. The summed E-state index contributed by atoms with van der Waals surface area (Å²) in [4.78, 5) is 36.9. The molecule has 1 aliphatic heterocycles. The number of anilines is 2. The fraction of sp³-hybridized carbons (Fsp3) is 0.375. The smallest absolute Gasteiger partial charge is 0.369 e. The fourth-order valence-corrected chi connectivity index (χ4v) is 5.54. The summed E-state index contributed by atoms with van der Waals surface area (Å²) in [5.41, 5.74) is 2.60. The van der Waals surface area contributed by atoms with Crippen LogP contribution >= 0.6 is 0 Å². The van der Waals surface area contributed by atoms with Crippen LogP contribution in [0.25, 0.3) is 0 Å². The van der Waals surface area contributed by atoms with Crippen LogP contribution in [0.3, 0.4) is 0 Å². The Morgan fingerprint density at radius 2 is 1.61 bits per heavy atom. The third kappa shape index (κ3) is 8.53. The van der Waals surface area contributed by atoms with Crippen LogP contribution in [0, 0.1) is 0 Å². The first-order chi connectivity index (χ1) is 19.3. The topological polar surface area (TPSA) is 180 Å². The zero-order valence-electron chi connectivity index (χ0n) is 21.5. The van der Waals surface area contributed by atoms with Crippen LogP contribution in [0.1, 0.15) is 24.8 Å². The number of halogens is 3. The van der Waals surface area contributed by atoms with Crippen molar-refractivity contribution < 1.29 is 46.4 Å². The quantitative estimate of drug-likeness (QED) is 0.176. The lowest BCUT2D eigenvalue weighted by atomic mass is 10.1. The van der Waals surface area contributed by atoms with Crippen LogP contribution in [0.4, 0.5) is 29.3 Å². The van der Waals surface area contributed by atoms with Crippen molar-refractivity contribution in [2.45, 2.75) is 36.4 Å². The van der Waals surface area contributed by atoms with Crippen molar-refractivity contribution in [1.29, 1.82) is 0 Å². The summed E-state index contributed by atoms with van der Waals surface area (Å²) in [5, 5.41) is 22.2. The minimum absolute atomic E-state index is 0.0363. The van der Waals surface area contributed by atoms with Gasteiger partial charge in [0, 0.05) is 44.0 Å². The van der Waals surface area contributed by atoms with Gasteiger partial charge in [-0.05, 0) is 55.3 Å². The highest BCUT2D eigenvalue weighted by Crippen LogP contribution is 2.32. The molecule has 224 valence electrons. The zero-order valence-corrected chi connectivity index (χ0v) is 22.3. The van der Waals surface area contributed by atoms with E-state index in [9.17, 15) is 36.0 Å². The number of rotatable bonds is 10. The van der Waals surface area contributed by atoms with Crippen LogP contribution in [0.5, 0.6) is 0 Å². The predicted octanol–water partition coefficient (Wildman–Crippen LogP) is 1.89. The van der Waals surface area contributed by atoms with Crippen LogP contribution in [0.2, 0.25) is 0 Å². The largest absolute Gasteiger partial charge is 0.416 e. The number of nitrogens with zero attached hydrogens (tertiary/aromatic N) is 2. The number of piperazine rings is 1. The lowest BCUT2D eigenvalue weighted by molar-refractivity contribution is -0.137. The molecule has 0 bridgehead atoms. The molecule has 1 saturated heterocycles. The van der Waals surface area contributed by atoms with Gasteiger partial charge < -0.3 is 15.5 Å². The first-order valence-electron chi connectivity index (χ1n) is 12.3. The number of carbonyl (C=O) groups is 3. The Balaban J connectivity index is 1.57. The van der Waals surface area contributed by atoms with Gasteiger partial charge in [-0.15, -0.1) is 0 Å². The second-order valence-electron chi connectivity index (χ2n) is 9.02. The average molecular weight is 603 g/mol. The summed E-state index contributed by atoms with van der Waals surface area (Å²) >= 11 is 0. The van der Waals surface area contributed by atoms with Crippen molar-refractivity contribution >= 4 is 39.2 Å². The molecule has 41 heavy (non-hydrogen) atoms. The Morgan fingerprint density at radius 3 is 2.20 bits per heavy atom. The van der Waals surface area contributed by atoms with Crippen molar-refractivity contribution in [3.63, 3.8) is 0 Å². The highest BCUT2D eigenvalue weighted by Gasteiger charge is 2.32. The monoisotopic (exact) mass is 602 g/mol. The van der Waals surface area contributed by atoms with Crippen LogP contribution in [0.15, 0.2) is 53.4 Å². The number of carbonyl (C=O) groups excluding carboxylic acids is 3. The number of alkyl halides is 3. The van der Waals surface area contributed by atoms with Gasteiger partial charge in [0.2, 0.25) is 15.9 Å². The summed E-state index contributed by atoms with van der Waals surface area (Å²) in [6.45, 7) is 0.478. The molecule has 0 aromatic heterocycles. The van der Waals surface area contributed by atoms with E-state index in [1.165, 1.54) is 51.7 Å². The Bertz CT molecular complexity index is 1330. The summed E-state index contributed by atoms with van der Waals surface area (Å²) in [7, 11) is -3.93. The van der Waals surface area contributed by atoms with Crippen LogP contribution in [-0.2, 0) is 25.8 Å². The third-order valence-electron chi connectivity index (χ3n) is 6.28. The van der Waals surface area contributed by atoms with E-state index >= 15 is 0 Å². The van der Waals surface area contributed by atoms with E-state index < -0.39 is 45.7 Å². The molecule has 2 aromatic carbocycles. The molecule has 3 rings (SSSR count). The molecule has 2 aromatic rings. The molecule has 1 aliphatic rings. The number of sulfonamides is 1. The molecule has 0 unspecified atom stereocenters. The number of benzene rings is 2. The summed E-state index contributed by atoms with van der Waals surface area (Å²) in [6.07, 6.45) is -4.55. The average Bonchev–Trinajstić information content (AvgIpc) is 2.96. The van der Waals surface area contributed by atoms with Gasteiger partial charge in [0.05, 0.1) is 10.5 Å². The normalized spacial score (nSPS) is 15.1. The third-order valence-corrected chi connectivity index (χ3v) is 8.19. The molecule has 0 spiro atoms. The first kappa shape index (κ1) is 31.6. The van der Waals surface area contributed by atoms with Gasteiger partial charge in [0.25, 0.3) is 5.91 Å². The Labute approximate surface area is 233 Å². The maximum Gasteiger partial charge on any atom is 0.416 e. The number of hydrogen-bond donors (Lipinski definition) is 6. The van der Waals surface area contributed by atoms with Gasteiger partial charge in [0.15, 0.2) is 0 Å². The molecule has 1 atom stereocenters. The number of hydrogen-bond acceptors (Lipinski definition) is 8. The second kappa shape index (κ2) is 13.6. The van der Waals surface area contributed by atoms with Crippen molar-refractivity contribution in [3.05, 3.63) is 54.1 Å². The molecule has 1 heterocycles. The minimum atomic E-state index is -4.49. The van der Waals surface area contributed by atoms with Crippen molar-refractivity contribution in [3.8, 4) is 0 Å². The molecule has 0 aliphatic carbocycles. The maximum absolute atomic E-state index is 13.1. The highest BCUT2D eigenvalue weighted by molar-refractivity contribution is 7.89. The molecule has 4 amide bonds. The molecular formula is C24H29F3N6O7S. The second-order valence-corrected chi connectivity index (χ2v) is 11.0. The minimum Gasteiger partial charge on any atom is -0.369 e. The molecule has 13 nitrogen and oxygen atoms in total. The molecular weight excluding hydrogens is 573 g/mol. The number of amides is 4. The van der Waals surface area contributed by atoms with Crippen LogP contribution < -0.4 is 26.5 Å². The molecule has 6 N–H and O–H groups in total. The van der Waals surface area contributed by atoms with E-state index in [4.69, 9.17) is 10.4 Å². The lowest BCUT2D eigenvalue weighted by Gasteiger charge is -2.35. The molecule has 1 fully saturated rings. The molecule has 0 radical (unpaired) electrons. The van der Waals surface area contributed by atoms with Crippen molar-refractivity contribution in [1.82, 2.24) is 20.6 Å². The molecule has 0 saturated carbocycles. The van der Waals surface area contributed by atoms with E-state index in [2.05, 4.69) is 10.6 Å². The van der Waals surface area contributed by atoms with Crippen LogP contribution in [-0.4, -0.2) is 73.2 Å². The van der Waals surface area contributed by atoms with Gasteiger partial charge in [-0.1, -0.05) is 6.07 Å². The van der Waals surface area contributed by atoms with E-state index in [0.29, 0.717) is 5.69 Å². The van der Waals surface area contributed by atoms with E-state index in [1.807, 2.05) is 0 Å². The van der Waals surface area contributed by atoms with Gasteiger partial charge in [-0.3, -0.25) is 20.0 Å². The van der Waals surface area contributed by atoms with Gasteiger partial charge >= 0.3 is 12.2 Å². The Kier molecular flexibility index (Phi) is 10.5.